The summed E-state index contributed by atoms with van der Waals surface area (Å²) in [6.07, 6.45) is 9.31. The summed E-state index contributed by atoms with van der Waals surface area (Å²) in [4.78, 5) is 45.9. The normalized spacial score (nSPS) is 23.3. The van der Waals surface area contributed by atoms with Gasteiger partial charge in [0.1, 0.15) is 11.4 Å². The molecule has 152 valence electrons. The Morgan fingerprint density at radius 1 is 1.24 bits per heavy atom. The highest BCUT2D eigenvalue weighted by Gasteiger charge is 2.45. The molecule has 8 heteroatoms. The van der Waals surface area contributed by atoms with Crippen LogP contribution in [0.15, 0.2) is 17.2 Å². The number of rotatable bonds is 3. The summed E-state index contributed by atoms with van der Waals surface area (Å²) in [6.45, 7) is 1.25. The Labute approximate surface area is 169 Å². The highest BCUT2D eigenvalue weighted by atomic mass is 16.2. The second kappa shape index (κ2) is 6.64. The third-order valence-electron chi connectivity index (χ3n) is 6.50. The number of piperidine rings is 1. The van der Waals surface area contributed by atoms with Gasteiger partial charge in [-0.25, -0.2) is 15.0 Å². The first-order valence-electron chi connectivity index (χ1n) is 10.4. The second-order valence-corrected chi connectivity index (χ2v) is 8.83. The Hall–Kier alpha value is -2.77. The molecule has 5 rings (SSSR count). The van der Waals surface area contributed by atoms with Gasteiger partial charge in [-0.2, -0.15) is 0 Å². The number of nitrogens with one attached hydrogen (secondary N) is 1. The van der Waals surface area contributed by atoms with Crippen molar-refractivity contribution in [1.82, 2.24) is 24.8 Å². The molecule has 3 heterocycles. The molecule has 2 aromatic heterocycles. The summed E-state index contributed by atoms with van der Waals surface area (Å²) >= 11 is 0. The van der Waals surface area contributed by atoms with Crippen molar-refractivity contribution in [3.63, 3.8) is 0 Å². The average molecular weight is 394 g/mol. The van der Waals surface area contributed by atoms with Crippen molar-refractivity contribution < 1.29 is 4.79 Å². The lowest BCUT2D eigenvalue weighted by Gasteiger charge is -2.40. The average Bonchev–Trinajstić information content (AvgIpc) is 3.52. The van der Waals surface area contributed by atoms with E-state index in [0.717, 1.165) is 44.2 Å². The van der Waals surface area contributed by atoms with Crippen molar-refractivity contribution in [2.45, 2.75) is 49.9 Å². The summed E-state index contributed by atoms with van der Waals surface area (Å²) in [5, 5.41) is 0. The van der Waals surface area contributed by atoms with Gasteiger partial charge in [-0.05, 0) is 44.1 Å². The summed E-state index contributed by atoms with van der Waals surface area (Å²) in [5.41, 5.74) is 1.92. The lowest BCUT2D eigenvalue weighted by atomic mass is 9.77. The monoisotopic (exact) mass is 394 g/mol. The van der Waals surface area contributed by atoms with Crippen LogP contribution in [0, 0.1) is 0 Å². The molecular formula is C21H26N6O2. The van der Waals surface area contributed by atoms with Crippen molar-refractivity contribution in [1.29, 1.82) is 0 Å². The molecule has 8 nitrogen and oxygen atoms in total. The maximum absolute atomic E-state index is 13.2. The van der Waals surface area contributed by atoms with Crippen LogP contribution < -0.4 is 10.5 Å². The standard InChI is InChI=1S/C21H26N6O2/c1-26(2)20-23-10-14-6-8-21(16(14)24-20)7-3-9-27(12-21)19(29)15-11-22-17(13-4-5-13)25-18(15)28/h10-11,13H,3-9,12H2,1-2H3,(H,22,25,28). The van der Waals surface area contributed by atoms with E-state index >= 15 is 0 Å². The van der Waals surface area contributed by atoms with Crippen molar-refractivity contribution in [2.75, 3.05) is 32.1 Å². The molecule has 29 heavy (non-hydrogen) atoms. The quantitative estimate of drug-likeness (QED) is 0.850. The summed E-state index contributed by atoms with van der Waals surface area (Å²) in [7, 11) is 3.87. The lowest BCUT2D eigenvalue weighted by molar-refractivity contribution is 0.0631. The van der Waals surface area contributed by atoms with Crippen LogP contribution in [0.2, 0.25) is 0 Å². The number of aromatic amines is 1. The zero-order chi connectivity index (χ0) is 20.2. The third-order valence-corrected chi connectivity index (χ3v) is 6.50. The van der Waals surface area contributed by atoms with E-state index in [9.17, 15) is 9.59 Å². The van der Waals surface area contributed by atoms with Gasteiger partial charge in [0.2, 0.25) is 5.95 Å². The van der Waals surface area contributed by atoms with Gasteiger partial charge in [0.15, 0.2) is 0 Å². The second-order valence-electron chi connectivity index (χ2n) is 8.83. The number of hydrogen-bond acceptors (Lipinski definition) is 6. The number of aryl methyl sites for hydroxylation is 1. The number of amides is 1. The van der Waals surface area contributed by atoms with E-state index in [2.05, 4.69) is 15.0 Å². The molecule has 1 N–H and O–H groups in total. The first-order valence-corrected chi connectivity index (χ1v) is 10.4. The van der Waals surface area contributed by atoms with E-state index in [1.165, 1.54) is 11.8 Å². The van der Waals surface area contributed by atoms with Crippen molar-refractivity contribution >= 4 is 11.9 Å². The molecule has 3 aliphatic rings. The van der Waals surface area contributed by atoms with Gasteiger partial charge in [0.25, 0.3) is 11.5 Å². The molecule has 0 aromatic carbocycles. The number of anilines is 1. The molecular weight excluding hydrogens is 368 g/mol. The first-order chi connectivity index (χ1) is 14.0. The zero-order valence-corrected chi connectivity index (χ0v) is 16.9. The molecule has 1 amide bonds. The molecule has 2 aromatic rings. The van der Waals surface area contributed by atoms with Gasteiger partial charge in [-0.1, -0.05) is 0 Å². The molecule has 1 aliphatic heterocycles. The lowest BCUT2D eigenvalue weighted by Crippen LogP contribution is -2.49. The Morgan fingerprint density at radius 2 is 2.07 bits per heavy atom. The van der Waals surface area contributed by atoms with Crippen LogP contribution in [0.5, 0.6) is 0 Å². The number of likely N-dealkylation sites (tertiary alicyclic amines) is 1. The molecule has 2 fully saturated rings. The van der Waals surface area contributed by atoms with E-state index < -0.39 is 0 Å². The fraction of sp³-hybridized carbons (Fsp3) is 0.571. The summed E-state index contributed by atoms with van der Waals surface area (Å²) in [5.74, 6) is 1.53. The smallest absolute Gasteiger partial charge is 0.263 e. The van der Waals surface area contributed by atoms with Gasteiger partial charge in [0, 0.05) is 50.9 Å². The molecule has 1 saturated carbocycles. The minimum Gasteiger partial charge on any atom is -0.347 e. The van der Waals surface area contributed by atoms with Gasteiger partial charge < -0.3 is 14.8 Å². The van der Waals surface area contributed by atoms with Gasteiger partial charge in [-0.15, -0.1) is 0 Å². The minimum absolute atomic E-state index is 0.140. The van der Waals surface area contributed by atoms with Crippen LogP contribution >= 0.6 is 0 Å². The van der Waals surface area contributed by atoms with Gasteiger partial charge >= 0.3 is 0 Å². The van der Waals surface area contributed by atoms with E-state index in [1.54, 1.807) is 0 Å². The van der Waals surface area contributed by atoms with Crippen molar-refractivity contribution in [2.24, 2.45) is 0 Å². The van der Waals surface area contributed by atoms with E-state index in [-0.39, 0.29) is 22.4 Å². The van der Waals surface area contributed by atoms with Crippen LogP contribution in [0.25, 0.3) is 0 Å². The SMILES string of the molecule is CN(C)c1ncc2c(n1)C1(CCCN(C(=O)c3cnc(C4CC4)[nH]c3=O)C1)CC2. The van der Waals surface area contributed by atoms with E-state index in [0.29, 0.717) is 30.8 Å². The number of nitrogens with zero attached hydrogens (tertiary/aromatic N) is 5. The maximum atomic E-state index is 13.2. The molecule has 1 saturated heterocycles. The molecule has 1 unspecified atom stereocenters. The molecule has 1 atom stereocenters. The fourth-order valence-corrected chi connectivity index (χ4v) is 4.75. The maximum Gasteiger partial charge on any atom is 0.263 e. The van der Waals surface area contributed by atoms with E-state index in [1.807, 2.05) is 30.1 Å². The Balaban J connectivity index is 1.43. The highest BCUT2D eigenvalue weighted by Crippen LogP contribution is 2.44. The third kappa shape index (κ3) is 3.10. The number of fused-ring (bicyclic) bond motifs is 2. The Bertz CT molecular complexity index is 1020. The topological polar surface area (TPSA) is 95.1 Å². The minimum atomic E-state index is -0.324. The van der Waals surface area contributed by atoms with Crippen LogP contribution in [0.3, 0.4) is 0 Å². The predicted octanol–water partition coefficient (Wildman–Crippen LogP) is 1.62. The number of carbonyl (C=O) groups excluding carboxylic acids is 1. The number of H-pyrrole nitrogens is 1. The van der Waals surface area contributed by atoms with Crippen molar-refractivity contribution in [3.05, 3.63) is 45.4 Å². The number of hydrogen-bond donors (Lipinski definition) is 1. The molecule has 2 aliphatic carbocycles. The van der Waals surface area contributed by atoms with Crippen LogP contribution in [0.1, 0.15) is 65.5 Å². The molecule has 1 spiro atoms. The Kier molecular flexibility index (Phi) is 4.18. The van der Waals surface area contributed by atoms with E-state index in [4.69, 9.17) is 4.98 Å². The molecule has 0 radical (unpaired) electrons. The summed E-state index contributed by atoms with van der Waals surface area (Å²) in [6, 6.07) is 0. The number of carbonyl (C=O) groups is 1. The predicted molar refractivity (Wildman–Crippen MR) is 108 cm³/mol. The highest BCUT2D eigenvalue weighted by molar-refractivity contribution is 5.93. The van der Waals surface area contributed by atoms with Crippen molar-refractivity contribution in [3.8, 4) is 0 Å². The zero-order valence-electron chi connectivity index (χ0n) is 16.9. The van der Waals surface area contributed by atoms with Crippen LogP contribution in [-0.4, -0.2) is 57.9 Å². The molecule has 0 bridgehead atoms. The number of aromatic nitrogens is 4. The van der Waals surface area contributed by atoms with Gasteiger partial charge in [-0.3, -0.25) is 9.59 Å². The fourth-order valence-electron chi connectivity index (χ4n) is 4.75. The van der Waals surface area contributed by atoms with Gasteiger partial charge in [0.05, 0.1) is 5.69 Å². The van der Waals surface area contributed by atoms with Crippen LogP contribution in [-0.2, 0) is 11.8 Å². The largest absolute Gasteiger partial charge is 0.347 e. The Morgan fingerprint density at radius 3 is 2.79 bits per heavy atom. The van der Waals surface area contributed by atoms with Crippen LogP contribution in [0.4, 0.5) is 5.95 Å². The summed E-state index contributed by atoms with van der Waals surface area (Å²) < 4.78 is 0. The first kappa shape index (κ1) is 18.3.